The molecule has 0 N–H and O–H groups in total. The van der Waals surface area contributed by atoms with Crippen molar-refractivity contribution in [1.29, 1.82) is 0 Å². The van der Waals surface area contributed by atoms with E-state index in [1.54, 1.807) is 12.0 Å². The summed E-state index contributed by atoms with van der Waals surface area (Å²) in [5.74, 6) is 1.26. The number of hydrogen-bond donors (Lipinski definition) is 0. The zero-order valence-corrected chi connectivity index (χ0v) is 19.0. The molecule has 6 heteroatoms. The summed E-state index contributed by atoms with van der Waals surface area (Å²) in [6.45, 7) is 4.35. The third-order valence-electron chi connectivity index (χ3n) is 6.36. The molecule has 2 aliphatic rings. The second kappa shape index (κ2) is 9.63. The molecule has 3 aromatic rings. The van der Waals surface area contributed by atoms with Crippen LogP contribution in [-0.4, -0.2) is 49.1 Å². The highest BCUT2D eigenvalue weighted by atomic mass is 16.5. The van der Waals surface area contributed by atoms with Crippen LogP contribution in [0.4, 0.5) is 5.69 Å². The predicted molar refractivity (Wildman–Crippen MR) is 128 cm³/mol. The van der Waals surface area contributed by atoms with Crippen molar-refractivity contribution in [1.82, 2.24) is 9.88 Å². The van der Waals surface area contributed by atoms with E-state index < -0.39 is 0 Å². The maximum atomic E-state index is 13.2. The van der Waals surface area contributed by atoms with Crippen molar-refractivity contribution in [3.8, 4) is 11.5 Å². The van der Waals surface area contributed by atoms with Crippen LogP contribution in [0.25, 0.3) is 0 Å². The molecule has 0 unspecified atom stereocenters. The van der Waals surface area contributed by atoms with Gasteiger partial charge in [0.2, 0.25) is 0 Å². The van der Waals surface area contributed by atoms with Gasteiger partial charge in [-0.15, -0.1) is 0 Å². The molecule has 0 aliphatic carbocycles. The quantitative estimate of drug-likeness (QED) is 0.519. The molecule has 0 atom stereocenters. The summed E-state index contributed by atoms with van der Waals surface area (Å²) in [7, 11) is 1.63. The number of anilines is 1. The molecule has 1 fully saturated rings. The van der Waals surface area contributed by atoms with E-state index in [2.05, 4.69) is 17.0 Å². The monoisotopic (exact) mass is 443 g/mol. The van der Waals surface area contributed by atoms with Crippen molar-refractivity contribution in [2.24, 2.45) is 0 Å². The lowest BCUT2D eigenvalue weighted by atomic mass is 10.1. The van der Waals surface area contributed by atoms with Gasteiger partial charge in [0.25, 0.3) is 5.91 Å². The Kier molecular flexibility index (Phi) is 6.26. The smallest absolute Gasteiger partial charge is 0.277 e. The van der Waals surface area contributed by atoms with E-state index in [1.807, 2.05) is 48.5 Å². The number of likely N-dealkylation sites (tertiary alicyclic amines) is 1. The van der Waals surface area contributed by atoms with Gasteiger partial charge in [-0.05, 0) is 49.7 Å². The maximum absolute atomic E-state index is 13.2. The lowest BCUT2D eigenvalue weighted by Crippen LogP contribution is -2.25. The van der Waals surface area contributed by atoms with Gasteiger partial charge in [0, 0.05) is 36.0 Å². The molecular formula is C27H29N3O3. The zero-order chi connectivity index (χ0) is 22.6. The molecular weight excluding hydrogens is 414 g/mol. The fourth-order valence-electron chi connectivity index (χ4n) is 4.56. The average molecular weight is 444 g/mol. The van der Waals surface area contributed by atoms with Crippen molar-refractivity contribution in [3.63, 3.8) is 0 Å². The van der Waals surface area contributed by atoms with Crippen LogP contribution in [-0.2, 0) is 13.0 Å². The number of methoxy groups -OCH3 is 1. The summed E-state index contributed by atoms with van der Waals surface area (Å²) < 4.78 is 11.6. The standard InChI is InChI=1S/C27H29N3O3/c1-32-25-18-23(11-12-24(25)33-16-15-29-13-5-6-14-29)30-19-21-9-10-22(28-26(21)27(30)31)17-20-7-3-2-4-8-20/h2-4,7-12,18H,5-6,13-17,19H2,1H3. The van der Waals surface area contributed by atoms with Crippen molar-refractivity contribution < 1.29 is 14.3 Å². The number of nitrogens with zero attached hydrogens (tertiary/aromatic N) is 3. The zero-order valence-electron chi connectivity index (χ0n) is 19.0. The number of hydrogen-bond acceptors (Lipinski definition) is 5. The van der Waals surface area contributed by atoms with E-state index in [4.69, 9.17) is 14.5 Å². The van der Waals surface area contributed by atoms with Gasteiger partial charge in [0.1, 0.15) is 12.3 Å². The number of benzene rings is 2. The van der Waals surface area contributed by atoms with E-state index >= 15 is 0 Å². The molecule has 0 radical (unpaired) electrons. The second-order valence-corrected chi connectivity index (χ2v) is 8.60. The first-order valence-corrected chi connectivity index (χ1v) is 11.6. The molecule has 1 amide bonds. The van der Waals surface area contributed by atoms with Gasteiger partial charge in [-0.1, -0.05) is 36.4 Å². The SMILES string of the molecule is COc1cc(N2Cc3ccc(Cc4ccccc4)nc3C2=O)ccc1OCCN1CCCC1. The predicted octanol–water partition coefficient (Wildman–Crippen LogP) is 4.32. The topological polar surface area (TPSA) is 54.9 Å². The van der Waals surface area contributed by atoms with Crippen molar-refractivity contribution >= 4 is 11.6 Å². The van der Waals surface area contributed by atoms with Gasteiger partial charge < -0.3 is 14.4 Å². The van der Waals surface area contributed by atoms with Crippen molar-refractivity contribution in [2.75, 3.05) is 38.3 Å². The number of rotatable bonds is 8. The summed E-state index contributed by atoms with van der Waals surface area (Å²) in [5, 5.41) is 0. The van der Waals surface area contributed by atoms with Crippen LogP contribution in [0.1, 0.15) is 40.2 Å². The molecule has 6 nitrogen and oxygen atoms in total. The molecule has 1 aromatic heterocycles. The number of aromatic nitrogens is 1. The molecule has 0 spiro atoms. The maximum Gasteiger partial charge on any atom is 0.277 e. The normalized spacial score (nSPS) is 15.7. The molecule has 2 aliphatic heterocycles. The Bertz CT molecular complexity index is 1130. The number of fused-ring (bicyclic) bond motifs is 1. The van der Waals surface area contributed by atoms with E-state index in [9.17, 15) is 4.79 Å². The van der Waals surface area contributed by atoms with Crippen LogP contribution in [0.15, 0.2) is 60.7 Å². The fourth-order valence-corrected chi connectivity index (χ4v) is 4.56. The highest BCUT2D eigenvalue weighted by Crippen LogP contribution is 2.35. The summed E-state index contributed by atoms with van der Waals surface area (Å²) >= 11 is 0. The molecule has 33 heavy (non-hydrogen) atoms. The first kappa shape index (κ1) is 21.5. The molecule has 2 aromatic carbocycles. The lowest BCUT2D eigenvalue weighted by Gasteiger charge is -2.19. The van der Waals surface area contributed by atoms with E-state index in [1.165, 1.54) is 18.4 Å². The average Bonchev–Trinajstić information content (AvgIpc) is 3.48. The molecule has 1 saturated heterocycles. The minimum atomic E-state index is -0.0790. The highest BCUT2D eigenvalue weighted by Gasteiger charge is 2.31. The molecule has 0 bridgehead atoms. The first-order valence-electron chi connectivity index (χ1n) is 11.6. The Morgan fingerprint density at radius 1 is 0.970 bits per heavy atom. The summed E-state index contributed by atoms with van der Waals surface area (Å²) in [5.41, 5.74) is 4.34. The minimum Gasteiger partial charge on any atom is -0.493 e. The second-order valence-electron chi connectivity index (χ2n) is 8.60. The van der Waals surface area contributed by atoms with Crippen LogP contribution in [0.5, 0.6) is 11.5 Å². The molecule has 3 heterocycles. The largest absolute Gasteiger partial charge is 0.493 e. The number of ether oxygens (including phenoxy) is 2. The van der Waals surface area contributed by atoms with Gasteiger partial charge in [0.05, 0.1) is 13.7 Å². The molecule has 0 saturated carbocycles. The number of amides is 1. The van der Waals surface area contributed by atoms with Crippen molar-refractivity contribution in [2.45, 2.75) is 25.8 Å². The Morgan fingerprint density at radius 2 is 1.79 bits per heavy atom. The van der Waals surface area contributed by atoms with Crippen molar-refractivity contribution in [3.05, 3.63) is 83.2 Å². The highest BCUT2D eigenvalue weighted by molar-refractivity contribution is 6.08. The van der Waals surface area contributed by atoms with E-state index in [-0.39, 0.29) is 5.91 Å². The van der Waals surface area contributed by atoms with Gasteiger partial charge >= 0.3 is 0 Å². The summed E-state index contributed by atoms with van der Waals surface area (Å²) in [6, 6.07) is 19.9. The van der Waals surface area contributed by atoms with E-state index in [0.717, 1.165) is 36.6 Å². The van der Waals surface area contributed by atoms with Crippen LogP contribution < -0.4 is 14.4 Å². The third-order valence-corrected chi connectivity index (χ3v) is 6.36. The number of carbonyl (C=O) groups excluding carboxylic acids is 1. The van der Waals surface area contributed by atoms with Gasteiger partial charge in [-0.2, -0.15) is 0 Å². The van der Waals surface area contributed by atoms with Crippen LogP contribution in [0.3, 0.4) is 0 Å². The Hall–Kier alpha value is -3.38. The number of pyridine rings is 1. The van der Waals surface area contributed by atoms with Gasteiger partial charge in [0.15, 0.2) is 11.5 Å². The van der Waals surface area contributed by atoms with Crippen LogP contribution in [0.2, 0.25) is 0 Å². The summed E-state index contributed by atoms with van der Waals surface area (Å²) in [4.78, 5) is 22.1. The Balaban J connectivity index is 1.28. The van der Waals surface area contributed by atoms with Crippen LogP contribution in [0, 0.1) is 0 Å². The van der Waals surface area contributed by atoms with E-state index in [0.29, 0.717) is 36.8 Å². The number of carbonyl (C=O) groups is 1. The van der Waals surface area contributed by atoms with Crippen LogP contribution >= 0.6 is 0 Å². The third kappa shape index (κ3) is 4.71. The lowest BCUT2D eigenvalue weighted by molar-refractivity contribution is 0.0992. The molecule has 170 valence electrons. The molecule has 5 rings (SSSR count). The Labute approximate surface area is 194 Å². The van der Waals surface area contributed by atoms with Gasteiger partial charge in [-0.3, -0.25) is 9.69 Å². The fraction of sp³-hybridized carbons (Fsp3) is 0.333. The Morgan fingerprint density at radius 3 is 2.58 bits per heavy atom. The minimum absolute atomic E-state index is 0.0790. The summed E-state index contributed by atoms with van der Waals surface area (Å²) in [6.07, 6.45) is 3.25. The first-order chi connectivity index (χ1) is 16.2. The van der Waals surface area contributed by atoms with Gasteiger partial charge in [-0.25, -0.2) is 4.98 Å².